The van der Waals surface area contributed by atoms with Crippen LogP contribution in [0.1, 0.15) is 20.3 Å². The van der Waals surface area contributed by atoms with Crippen molar-refractivity contribution >= 4 is 11.9 Å². The van der Waals surface area contributed by atoms with E-state index in [1.165, 1.54) is 12.2 Å². The maximum atomic E-state index is 11.8. The van der Waals surface area contributed by atoms with Gasteiger partial charge in [-0.2, -0.15) is 13.2 Å². The first-order valence-electron chi connectivity index (χ1n) is 4.30. The van der Waals surface area contributed by atoms with Gasteiger partial charge in [-0.1, -0.05) is 20.3 Å². The molecule has 1 amide bonds. The number of carbonyl (C=O) groups excluding carboxylic acids is 1. The van der Waals surface area contributed by atoms with Crippen LogP contribution in [0.15, 0.2) is 0 Å². The highest BCUT2D eigenvalue weighted by Crippen LogP contribution is 2.16. The minimum absolute atomic E-state index is 0.356. The van der Waals surface area contributed by atoms with Gasteiger partial charge in [0.1, 0.15) is 6.04 Å². The zero-order valence-electron chi connectivity index (χ0n) is 8.26. The normalized spacial score (nSPS) is 15.5. The summed E-state index contributed by atoms with van der Waals surface area (Å²) in [4.78, 5) is 21.1. The number of alkyl halides is 3. The van der Waals surface area contributed by atoms with E-state index in [-0.39, 0.29) is 0 Å². The van der Waals surface area contributed by atoms with Crippen LogP contribution in [0.25, 0.3) is 0 Å². The summed E-state index contributed by atoms with van der Waals surface area (Å²) in [5, 5.41) is 10.1. The summed E-state index contributed by atoms with van der Waals surface area (Å²) in [5.41, 5.74) is 0. The largest absolute Gasteiger partial charge is 0.480 e. The summed E-state index contributed by atoms with van der Waals surface area (Å²) in [6, 6.07) is -1.51. The molecule has 0 fully saturated rings. The van der Waals surface area contributed by atoms with Crippen LogP contribution in [0.3, 0.4) is 0 Å². The maximum absolute atomic E-state index is 11.8. The molecule has 0 aromatic heterocycles. The lowest BCUT2D eigenvalue weighted by Crippen LogP contribution is -2.49. The number of amides is 1. The van der Waals surface area contributed by atoms with Gasteiger partial charge in [-0.25, -0.2) is 4.79 Å². The maximum Gasteiger partial charge on any atom is 0.471 e. The summed E-state index contributed by atoms with van der Waals surface area (Å²) in [6.07, 6.45) is -4.70. The molecule has 0 spiro atoms. The van der Waals surface area contributed by atoms with Crippen LogP contribution in [0, 0.1) is 5.92 Å². The molecular formula is C8H12F3NO3. The Labute approximate surface area is 84.5 Å². The van der Waals surface area contributed by atoms with E-state index in [2.05, 4.69) is 0 Å². The van der Waals surface area contributed by atoms with Crippen LogP contribution in [0.4, 0.5) is 13.2 Å². The molecule has 2 atom stereocenters. The van der Waals surface area contributed by atoms with Gasteiger partial charge in [0.05, 0.1) is 0 Å². The number of halogens is 3. The number of nitrogens with one attached hydrogen (secondary N) is 1. The minimum Gasteiger partial charge on any atom is -0.480 e. The summed E-state index contributed by atoms with van der Waals surface area (Å²) < 4.78 is 35.5. The van der Waals surface area contributed by atoms with E-state index < -0.39 is 30.0 Å². The van der Waals surface area contributed by atoms with Gasteiger partial charge in [-0.15, -0.1) is 0 Å². The van der Waals surface area contributed by atoms with Gasteiger partial charge >= 0.3 is 18.1 Å². The zero-order chi connectivity index (χ0) is 12.2. The summed E-state index contributed by atoms with van der Waals surface area (Å²) in [6.45, 7) is 3.08. The molecule has 4 nitrogen and oxygen atoms in total. The zero-order valence-corrected chi connectivity index (χ0v) is 8.26. The average Bonchev–Trinajstić information content (AvgIpc) is 2.10. The molecule has 15 heavy (non-hydrogen) atoms. The fourth-order valence-electron chi connectivity index (χ4n) is 0.906. The molecular weight excluding hydrogens is 215 g/mol. The van der Waals surface area contributed by atoms with Crippen molar-refractivity contribution in [3.8, 4) is 0 Å². The average molecular weight is 227 g/mol. The standard InChI is InChI=1S/C8H12F3NO3/c1-3-4(2)5(6(13)14)12-7(15)8(9,10)11/h4-5H,3H2,1-2H3,(H,12,15)(H,13,14). The quantitative estimate of drug-likeness (QED) is 0.757. The molecule has 0 aromatic carbocycles. The van der Waals surface area contributed by atoms with Crippen molar-refractivity contribution in [3.63, 3.8) is 0 Å². The fraction of sp³-hybridized carbons (Fsp3) is 0.750. The van der Waals surface area contributed by atoms with Gasteiger partial charge in [0.15, 0.2) is 0 Å². The summed E-state index contributed by atoms with van der Waals surface area (Å²) in [7, 11) is 0. The van der Waals surface area contributed by atoms with Gasteiger partial charge in [-0.05, 0) is 5.92 Å². The van der Waals surface area contributed by atoms with Gasteiger partial charge < -0.3 is 10.4 Å². The van der Waals surface area contributed by atoms with E-state index in [0.717, 1.165) is 0 Å². The minimum atomic E-state index is -5.05. The number of aliphatic carboxylic acids is 1. The van der Waals surface area contributed by atoms with Crippen LogP contribution < -0.4 is 5.32 Å². The molecule has 7 heteroatoms. The van der Waals surface area contributed by atoms with E-state index in [0.29, 0.717) is 6.42 Å². The van der Waals surface area contributed by atoms with Gasteiger partial charge in [0.25, 0.3) is 0 Å². The van der Waals surface area contributed by atoms with Crippen LogP contribution in [-0.2, 0) is 9.59 Å². The lowest BCUT2D eigenvalue weighted by atomic mass is 9.99. The van der Waals surface area contributed by atoms with Crippen molar-refractivity contribution in [1.29, 1.82) is 0 Å². The highest BCUT2D eigenvalue weighted by molar-refractivity contribution is 5.87. The number of hydrogen-bond acceptors (Lipinski definition) is 2. The van der Waals surface area contributed by atoms with Crippen molar-refractivity contribution in [2.75, 3.05) is 0 Å². The van der Waals surface area contributed by atoms with Crippen molar-refractivity contribution < 1.29 is 27.9 Å². The SMILES string of the molecule is CCC(C)C(NC(=O)C(F)(F)F)C(=O)O. The third-order valence-corrected chi connectivity index (χ3v) is 2.02. The van der Waals surface area contributed by atoms with E-state index >= 15 is 0 Å². The van der Waals surface area contributed by atoms with Crippen LogP contribution >= 0.6 is 0 Å². The Morgan fingerprint density at radius 3 is 2.13 bits per heavy atom. The Morgan fingerprint density at radius 2 is 1.87 bits per heavy atom. The smallest absolute Gasteiger partial charge is 0.471 e. The Bertz CT molecular complexity index is 252. The second-order valence-corrected chi connectivity index (χ2v) is 3.17. The second kappa shape index (κ2) is 4.99. The van der Waals surface area contributed by atoms with Crippen LogP contribution in [0.2, 0.25) is 0 Å². The first kappa shape index (κ1) is 13.7. The number of carboxylic acids is 1. The van der Waals surface area contributed by atoms with Crippen molar-refractivity contribution in [2.45, 2.75) is 32.5 Å². The van der Waals surface area contributed by atoms with Crippen molar-refractivity contribution in [1.82, 2.24) is 5.32 Å². The monoisotopic (exact) mass is 227 g/mol. The number of carbonyl (C=O) groups is 2. The van der Waals surface area contributed by atoms with Crippen LogP contribution in [-0.4, -0.2) is 29.2 Å². The predicted molar refractivity (Wildman–Crippen MR) is 45.1 cm³/mol. The molecule has 0 radical (unpaired) electrons. The number of rotatable bonds is 4. The molecule has 2 unspecified atom stereocenters. The molecule has 0 saturated heterocycles. The molecule has 0 bridgehead atoms. The Hall–Kier alpha value is -1.27. The van der Waals surface area contributed by atoms with Gasteiger partial charge in [0, 0.05) is 0 Å². The highest BCUT2D eigenvalue weighted by Gasteiger charge is 2.41. The predicted octanol–water partition coefficient (Wildman–Crippen LogP) is 1.16. The lowest BCUT2D eigenvalue weighted by molar-refractivity contribution is -0.176. The molecule has 0 aliphatic carbocycles. The molecule has 0 saturated carbocycles. The number of carboxylic acid groups (broad SMARTS) is 1. The van der Waals surface area contributed by atoms with E-state index in [1.54, 1.807) is 6.92 Å². The Morgan fingerprint density at radius 1 is 1.40 bits per heavy atom. The Balaban J connectivity index is 4.57. The summed E-state index contributed by atoms with van der Waals surface area (Å²) >= 11 is 0. The molecule has 0 aliphatic heterocycles. The fourth-order valence-corrected chi connectivity index (χ4v) is 0.906. The van der Waals surface area contributed by atoms with E-state index in [1.807, 2.05) is 0 Å². The Kier molecular flexibility index (Phi) is 4.57. The second-order valence-electron chi connectivity index (χ2n) is 3.17. The molecule has 0 rings (SSSR count). The van der Waals surface area contributed by atoms with E-state index in [9.17, 15) is 22.8 Å². The molecule has 0 aromatic rings. The number of hydrogen-bond donors (Lipinski definition) is 2. The lowest BCUT2D eigenvalue weighted by Gasteiger charge is -2.20. The molecule has 0 aliphatic rings. The molecule has 2 N–H and O–H groups in total. The van der Waals surface area contributed by atoms with Crippen molar-refractivity contribution in [2.24, 2.45) is 5.92 Å². The third kappa shape index (κ3) is 4.18. The molecule has 88 valence electrons. The third-order valence-electron chi connectivity index (χ3n) is 2.02. The van der Waals surface area contributed by atoms with Crippen molar-refractivity contribution in [3.05, 3.63) is 0 Å². The van der Waals surface area contributed by atoms with Crippen LogP contribution in [0.5, 0.6) is 0 Å². The summed E-state index contributed by atoms with van der Waals surface area (Å²) in [5.74, 6) is -4.26. The highest BCUT2D eigenvalue weighted by atomic mass is 19.4. The first-order valence-corrected chi connectivity index (χ1v) is 4.30. The molecule has 0 heterocycles. The van der Waals surface area contributed by atoms with Gasteiger partial charge in [0.2, 0.25) is 0 Å². The topological polar surface area (TPSA) is 66.4 Å². The van der Waals surface area contributed by atoms with Gasteiger partial charge in [-0.3, -0.25) is 4.79 Å². The van der Waals surface area contributed by atoms with E-state index in [4.69, 9.17) is 5.11 Å². The first-order chi connectivity index (χ1) is 6.70.